The van der Waals surface area contributed by atoms with E-state index in [2.05, 4.69) is 0 Å². The number of aliphatic hydroxyl groups is 2. The van der Waals surface area contributed by atoms with Crippen molar-refractivity contribution in [1.82, 2.24) is 4.90 Å². The molecule has 34 heavy (non-hydrogen) atoms. The van der Waals surface area contributed by atoms with E-state index in [0.29, 0.717) is 30.1 Å². The number of phenolic OH excluding ortho intramolecular Hbond substituents is 1. The van der Waals surface area contributed by atoms with Crippen LogP contribution < -0.4 is 9.47 Å². The van der Waals surface area contributed by atoms with Crippen molar-refractivity contribution in [2.45, 2.75) is 19.9 Å². The molecule has 0 unspecified atom stereocenters. The molecule has 9 nitrogen and oxygen atoms in total. The van der Waals surface area contributed by atoms with Gasteiger partial charge in [0, 0.05) is 12.1 Å². The molecule has 0 radical (unpaired) electrons. The van der Waals surface area contributed by atoms with E-state index in [4.69, 9.17) is 19.3 Å². The lowest BCUT2D eigenvalue weighted by Gasteiger charge is -2.25. The second-order valence-electron chi connectivity index (χ2n) is 7.45. The lowest BCUT2D eigenvalue weighted by atomic mass is 9.95. The number of carbonyl (C=O) groups excluding carboxylic acids is 2. The highest BCUT2D eigenvalue weighted by atomic mass is 16.5. The van der Waals surface area contributed by atoms with Crippen molar-refractivity contribution in [3.05, 3.63) is 59.2 Å². The van der Waals surface area contributed by atoms with Gasteiger partial charge < -0.3 is 34.4 Å². The maximum Gasteiger partial charge on any atom is 0.295 e. The van der Waals surface area contributed by atoms with Crippen molar-refractivity contribution in [2.24, 2.45) is 0 Å². The zero-order valence-electron chi connectivity index (χ0n) is 19.2. The van der Waals surface area contributed by atoms with Crippen LogP contribution in [0.4, 0.5) is 0 Å². The van der Waals surface area contributed by atoms with E-state index in [1.807, 2.05) is 6.92 Å². The Labute approximate surface area is 197 Å². The van der Waals surface area contributed by atoms with Crippen molar-refractivity contribution in [1.29, 1.82) is 0 Å². The van der Waals surface area contributed by atoms with Crippen molar-refractivity contribution < 1.29 is 39.1 Å². The largest absolute Gasteiger partial charge is 0.507 e. The van der Waals surface area contributed by atoms with E-state index in [-0.39, 0.29) is 49.2 Å². The molecule has 0 aromatic heterocycles. The fourth-order valence-electron chi connectivity index (χ4n) is 3.79. The Bertz CT molecular complexity index is 1050. The Balaban J connectivity index is 2.08. The molecule has 182 valence electrons. The zero-order chi connectivity index (χ0) is 24.7. The maximum atomic E-state index is 13.1. The molecule has 3 rings (SSSR count). The van der Waals surface area contributed by atoms with Crippen LogP contribution in [0.5, 0.6) is 17.2 Å². The fraction of sp³-hybridized carbons (Fsp3) is 0.360. The number of likely N-dealkylation sites (tertiary alicyclic amines) is 1. The molecular weight excluding hydrogens is 442 g/mol. The number of nitrogens with zero attached hydrogens (tertiary/aromatic N) is 1. The molecule has 1 saturated heterocycles. The number of benzene rings is 2. The quantitative estimate of drug-likeness (QED) is 0.198. The van der Waals surface area contributed by atoms with E-state index in [0.717, 1.165) is 0 Å². The Morgan fingerprint density at radius 2 is 1.71 bits per heavy atom. The van der Waals surface area contributed by atoms with E-state index < -0.39 is 17.7 Å². The summed E-state index contributed by atoms with van der Waals surface area (Å²) in [5.41, 5.74) is 0.756. The van der Waals surface area contributed by atoms with E-state index in [9.17, 15) is 19.8 Å². The van der Waals surface area contributed by atoms with Gasteiger partial charge in [0.2, 0.25) is 0 Å². The third-order valence-electron chi connectivity index (χ3n) is 5.29. The molecule has 9 heteroatoms. The number of Topliss-reactive ketones (excluding diaryl/α,β-unsaturated/α-hetero) is 1. The van der Waals surface area contributed by atoms with Crippen LogP contribution in [0.1, 0.15) is 31.0 Å². The summed E-state index contributed by atoms with van der Waals surface area (Å²) < 4.78 is 16.2. The van der Waals surface area contributed by atoms with Gasteiger partial charge in [0.1, 0.15) is 11.5 Å². The average molecular weight is 472 g/mol. The van der Waals surface area contributed by atoms with Gasteiger partial charge in [-0.1, -0.05) is 6.07 Å². The van der Waals surface area contributed by atoms with Crippen LogP contribution in [-0.4, -0.2) is 71.5 Å². The topological polar surface area (TPSA) is 126 Å². The number of amides is 1. The van der Waals surface area contributed by atoms with Crippen LogP contribution in [-0.2, 0) is 14.3 Å². The van der Waals surface area contributed by atoms with Gasteiger partial charge in [0.05, 0.1) is 44.6 Å². The lowest BCUT2D eigenvalue weighted by Crippen LogP contribution is -2.33. The minimum absolute atomic E-state index is 0.0557. The second-order valence-corrected chi connectivity index (χ2v) is 7.45. The SMILES string of the molecule is CCOc1ccc(/C(O)=C2\C(=O)C(=O)N(CCOCCO)[C@@H]2c2ccc(O)c(OCC)c2)cc1. The molecule has 0 aliphatic carbocycles. The zero-order valence-corrected chi connectivity index (χ0v) is 19.2. The molecule has 1 aliphatic rings. The maximum absolute atomic E-state index is 13.1. The Morgan fingerprint density at radius 1 is 1.00 bits per heavy atom. The molecule has 1 heterocycles. The monoisotopic (exact) mass is 471 g/mol. The van der Waals surface area contributed by atoms with Gasteiger partial charge in [-0.15, -0.1) is 0 Å². The summed E-state index contributed by atoms with van der Waals surface area (Å²) in [5, 5.41) is 30.2. The fourth-order valence-corrected chi connectivity index (χ4v) is 3.79. The molecule has 3 N–H and O–H groups in total. The number of rotatable bonds is 11. The van der Waals surface area contributed by atoms with E-state index >= 15 is 0 Å². The smallest absolute Gasteiger partial charge is 0.295 e. The third kappa shape index (κ3) is 5.32. The summed E-state index contributed by atoms with van der Waals surface area (Å²) >= 11 is 0. The molecule has 2 aromatic carbocycles. The molecule has 1 amide bonds. The van der Waals surface area contributed by atoms with Crippen LogP contribution in [0.2, 0.25) is 0 Å². The van der Waals surface area contributed by atoms with E-state index in [1.165, 1.54) is 11.0 Å². The van der Waals surface area contributed by atoms with Gasteiger partial charge in [-0.3, -0.25) is 9.59 Å². The standard InChI is InChI=1S/C25H29NO8/c1-3-33-18-8-5-16(6-9-18)23(29)21-22(17-7-10-19(28)20(15-17)34-4-2)26(25(31)24(21)30)11-13-32-14-12-27/h5-10,15,22,27-29H,3-4,11-14H2,1-2H3/b23-21+/t22-/m1/s1. The summed E-state index contributed by atoms with van der Waals surface area (Å²) in [5.74, 6) is -1.21. The van der Waals surface area contributed by atoms with Gasteiger partial charge in [-0.05, 0) is 55.8 Å². The molecule has 1 atom stereocenters. The predicted octanol–water partition coefficient (Wildman–Crippen LogP) is 2.62. The average Bonchev–Trinajstić information content (AvgIpc) is 3.08. The van der Waals surface area contributed by atoms with Gasteiger partial charge in [-0.2, -0.15) is 0 Å². The van der Waals surface area contributed by atoms with Crippen LogP contribution in [0.15, 0.2) is 48.0 Å². The molecule has 1 fully saturated rings. The number of ether oxygens (including phenoxy) is 3. The summed E-state index contributed by atoms with van der Waals surface area (Å²) in [6, 6.07) is 10.2. The Hall–Kier alpha value is -3.56. The summed E-state index contributed by atoms with van der Waals surface area (Å²) in [6.07, 6.45) is 0. The number of hydrogen-bond acceptors (Lipinski definition) is 8. The first kappa shape index (κ1) is 25.1. The van der Waals surface area contributed by atoms with Crippen LogP contribution in [0.3, 0.4) is 0 Å². The van der Waals surface area contributed by atoms with Crippen LogP contribution >= 0.6 is 0 Å². The number of aromatic hydroxyl groups is 1. The predicted molar refractivity (Wildman–Crippen MR) is 124 cm³/mol. The van der Waals surface area contributed by atoms with E-state index in [1.54, 1.807) is 43.3 Å². The Morgan fingerprint density at radius 3 is 2.35 bits per heavy atom. The molecule has 0 saturated carbocycles. The highest BCUT2D eigenvalue weighted by molar-refractivity contribution is 6.46. The van der Waals surface area contributed by atoms with Crippen molar-refractivity contribution in [3.8, 4) is 17.2 Å². The van der Waals surface area contributed by atoms with Crippen LogP contribution in [0.25, 0.3) is 5.76 Å². The van der Waals surface area contributed by atoms with Gasteiger partial charge in [-0.25, -0.2) is 0 Å². The van der Waals surface area contributed by atoms with Gasteiger partial charge in [0.25, 0.3) is 11.7 Å². The van der Waals surface area contributed by atoms with Gasteiger partial charge >= 0.3 is 0 Å². The highest BCUT2D eigenvalue weighted by Crippen LogP contribution is 2.41. The first-order chi connectivity index (χ1) is 16.4. The minimum Gasteiger partial charge on any atom is -0.507 e. The summed E-state index contributed by atoms with van der Waals surface area (Å²) in [4.78, 5) is 27.3. The lowest BCUT2D eigenvalue weighted by molar-refractivity contribution is -0.140. The number of aliphatic hydroxyl groups excluding tert-OH is 2. The molecular formula is C25H29NO8. The minimum atomic E-state index is -0.927. The molecule has 1 aliphatic heterocycles. The molecule has 0 bridgehead atoms. The number of ketones is 1. The number of phenols is 1. The van der Waals surface area contributed by atoms with Crippen molar-refractivity contribution >= 4 is 17.4 Å². The first-order valence-electron chi connectivity index (χ1n) is 11.1. The first-order valence-corrected chi connectivity index (χ1v) is 11.1. The summed E-state index contributed by atoms with van der Waals surface area (Å²) in [6.45, 7) is 4.47. The normalized spacial score (nSPS) is 17.3. The second kappa shape index (κ2) is 11.5. The molecule has 0 spiro atoms. The highest BCUT2D eigenvalue weighted by Gasteiger charge is 2.46. The summed E-state index contributed by atoms with van der Waals surface area (Å²) in [7, 11) is 0. The van der Waals surface area contributed by atoms with Crippen molar-refractivity contribution in [2.75, 3.05) is 39.6 Å². The molecule has 2 aromatic rings. The van der Waals surface area contributed by atoms with Crippen molar-refractivity contribution in [3.63, 3.8) is 0 Å². The number of carbonyl (C=O) groups is 2. The van der Waals surface area contributed by atoms with Crippen LogP contribution in [0, 0.1) is 0 Å². The van der Waals surface area contributed by atoms with Gasteiger partial charge in [0.15, 0.2) is 11.5 Å². The number of hydrogen-bond donors (Lipinski definition) is 3. The Kier molecular flexibility index (Phi) is 8.50. The third-order valence-corrected chi connectivity index (χ3v) is 5.29.